The van der Waals surface area contributed by atoms with Crippen molar-refractivity contribution in [2.24, 2.45) is 5.92 Å². The minimum atomic E-state index is -3.86. The number of ether oxygens (including phenoxy) is 1. The fourth-order valence-corrected chi connectivity index (χ4v) is 6.04. The van der Waals surface area contributed by atoms with Gasteiger partial charge in [-0.2, -0.15) is 0 Å². The normalized spacial score (nSPS) is 18.2. The second-order valence-corrected chi connectivity index (χ2v) is 11.0. The lowest BCUT2D eigenvalue weighted by atomic mass is 9.91. The average molecular weight is 482 g/mol. The first-order valence-corrected chi connectivity index (χ1v) is 12.7. The summed E-state index contributed by atoms with van der Waals surface area (Å²) in [6.45, 7) is 5.96. The summed E-state index contributed by atoms with van der Waals surface area (Å²) in [6, 6.07) is 15.2. The maximum absolute atomic E-state index is 13.1. The summed E-state index contributed by atoms with van der Waals surface area (Å²) in [6.07, 6.45) is 0.213. The number of sulfone groups is 1. The molecule has 1 atom stereocenters. The number of imide groups is 1. The molecule has 1 aliphatic rings. The van der Waals surface area contributed by atoms with E-state index in [0.717, 1.165) is 22.2 Å². The van der Waals surface area contributed by atoms with Crippen molar-refractivity contribution in [3.05, 3.63) is 65.9 Å². The average Bonchev–Trinajstić information content (AvgIpc) is 3.03. The number of para-hydroxylation sites is 1. The first kappa shape index (κ1) is 23.7. The quantitative estimate of drug-likeness (QED) is 0.476. The van der Waals surface area contributed by atoms with Crippen molar-refractivity contribution in [2.45, 2.75) is 44.2 Å². The van der Waals surface area contributed by atoms with Crippen molar-refractivity contribution < 1.29 is 22.7 Å². The molecule has 34 heavy (non-hydrogen) atoms. The van der Waals surface area contributed by atoms with Crippen LogP contribution in [0.25, 0.3) is 10.9 Å². The largest absolute Gasteiger partial charge is 0.489 e. The van der Waals surface area contributed by atoms with Crippen molar-refractivity contribution >= 4 is 32.7 Å². The Bertz CT molecular complexity index is 1350. The molecule has 9 heteroatoms. The van der Waals surface area contributed by atoms with Crippen LogP contribution >= 0.6 is 0 Å². The van der Waals surface area contributed by atoms with E-state index in [4.69, 9.17) is 4.74 Å². The second kappa shape index (κ2) is 9.06. The van der Waals surface area contributed by atoms with Crippen LogP contribution in [0.2, 0.25) is 0 Å². The maximum Gasteiger partial charge on any atom is 0.322 e. The molecular formula is C25H27N3O5S. The van der Waals surface area contributed by atoms with Gasteiger partial charge in [-0.25, -0.2) is 13.2 Å². The third kappa shape index (κ3) is 4.89. The van der Waals surface area contributed by atoms with E-state index in [9.17, 15) is 18.0 Å². The number of benzene rings is 2. The molecule has 1 aromatic heterocycles. The minimum Gasteiger partial charge on any atom is -0.489 e. The Morgan fingerprint density at radius 1 is 1.06 bits per heavy atom. The molecule has 2 N–H and O–H groups in total. The smallest absolute Gasteiger partial charge is 0.322 e. The molecule has 0 aliphatic carbocycles. The number of pyridine rings is 1. The zero-order valence-electron chi connectivity index (χ0n) is 19.3. The van der Waals surface area contributed by atoms with Gasteiger partial charge in [-0.3, -0.25) is 15.1 Å². The number of nitrogens with one attached hydrogen (secondary N) is 2. The third-order valence-corrected chi connectivity index (χ3v) is 7.58. The van der Waals surface area contributed by atoms with E-state index in [2.05, 4.69) is 15.6 Å². The van der Waals surface area contributed by atoms with E-state index in [1.165, 1.54) is 12.1 Å². The van der Waals surface area contributed by atoms with E-state index in [-0.39, 0.29) is 17.2 Å². The molecule has 0 spiro atoms. The molecule has 1 aliphatic heterocycles. The fraction of sp³-hybridized carbons (Fsp3) is 0.320. The maximum atomic E-state index is 13.1. The van der Waals surface area contributed by atoms with Crippen LogP contribution in [0, 0.1) is 12.8 Å². The number of aromatic nitrogens is 1. The lowest BCUT2D eigenvalue weighted by Gasteiger charge is -2.27. The lowest BCUT2D eigenvalue weighted by Crippen LogP contribution is -2.53. The molecular weight excluding hydrogens is 454 g/mol. The fourth-order valence-electron chi connectivity index (χ4n) is 4.36. The minimum absolute atomic E-state index is 0.00281. The van der Waals surface area contributed by atoms with Crippen molar-refractivity contribution in [1.29, 1.82) is 0 Å². The summed E-state index contributed by atoms with van der Waals surface area (Å²) in [4.78, 5) is 28.8. The van der Waals surface area contributed by atoms with Gasteiger partial charge >= 0.3 is 6.03 Å². The van der Waals surface area contributed by atoms with Gasteiger partial charge in [-0.05, 0) is 55.7 Å². The summed E-state index contributed by atoms with van der Waals surface area (Å²) in [5, 5.41) is 5.70. The molecule has 1 fully saturated rings. The van der Waals surface area contributed by atoms with E-state index < -0.39 is 33.1 Å². The summed E-state index contributed by atoms with van der Waals surface area (Å²) in [7, 11) is -3.86. The molecule has 0 saturated carbocycles. The topological polar surface area (TPSA) is 114 Å². The SMILES string of the molecule is Cc1cc(COc2ccc(S(=O)(=O)CC3(CC(C)C)NC(=O)NC3=O)cc2)c2ccccc2n1. The molecule has 0 radical (unpaired) electrons. The van der Waals surface area contributed by atoms with Gasteiger partial charge in [0.05, 0.1) is 16.2 Å². The van der Waals surface area contributed by atoms with Crippen LogP contribution in [0.4, 0.5) is 4.79 Å². The van der Waals surface area contributed by atoms with Gasteiger partial charge in [0, 0.05) is 16.6 Å². The summed E-state index contributed by atoms with van der Waals surface area (Å²) < 4.78 is 32.2. The number of hydrogen-bond acceptors (Lipinski definition) is 6. The van der Waals surface area contributed by atoms with Crippen LogP contribution < -0.4 is 15.4 Å². The van der Waals surface area contributed by atoms with Gasteiger partial charge in [-0.15, -0.1) is 0 Å². The highest BCUT2D eigenvalue weighted by Gasteiger charge is 2.49. The van der Waals surface area contributed by atoms with Crippen molar-refractivity contribution in [1.82, 2.24) is 15.6 Å². The number of fused-ring (bicyclic) bond motifs is 1. The van der Waals surface area contributed by atoms with Crippen molar-refractivity contribution in [3.8, 4) is 5.75 Å². The van der Waals surface area contributed by atoms with Crippen LogP contribution in [0.15, 0.2) is 59.5 Å². The summed E-state index contributed by atoms with van der Waals surface area (Å²) in [5.41, 5.74) is 1.27. The number of urea groups is 1. The molecule has 0 bridgehead atoms. The first-order valence-electron chi connectivity index (χ1n) is 11.0. The molecule has 8 nitrogen and oxygen atoms in total. The zero-order chi connectivity index (χ0) is 24.5. The Morgan fingerprint density at radius 2 is 1.76 bits per heavy atom. The molecule has 1 unspecified atom stereocenters. The summed E-state index contributed by atoms with van der Waals surface area (Å²) in [5.74, 6) is -0.614. The van der Waals surface area contributed by atoms with Crippen LogP contribution in [0.5, 0.6) is 5.75 Å². The third-order valence-electron chi connectivity index (χ3n) is 5.71. The highest BCUT2D eigenvalue weighted by molar-refractivity contribution is 7.91. The van der Waals surface area contributed by atoms with E-state index in [1.807, 2.05) is 51.1 Å². The molecule has 2 aromatic carbocycles. The lowest BCUT2D eigenvalue weighted by molar-refractivity contribution is -0.123. The molecule has 3 amide bonds. The van der Waals surface area contributed by atoms with Gasteiger partial charge in [0.15, 0.2) is 9.84 Å². The van der Waals surface area contributed by atoms with Crippen molar-refractivity contribution in [2.75, 3.05) is 5.75 Å². The van der Waals surface area contributed by atoms with E-state index in [1.54, 1.807) is 12.1 Å². The number of rotatable bonds is 8. The van der Waals surface area contributed by atoms with Gasteiger partial charge in [-0.1, -0.05) is 32.0 Å². The number of aryl methyl sites for hydroxylation is 1. The number of hydrogen-bond donors (Lipinski definition) is 2. The predicted octanol–water partition coefficient (Wildman–Crippen LogP) is 3.52. The zero-order valence-corrected chi connectivity index (χ0v) is 20.1. The van der Waals surface area contributed by atoms with Gasteiger partial charge in [0.25, 0.3) is 5.91 Å². The monoisotopic (exact) mass is 481 g/mol. The number of carbonyl (C=O) groups excluding carboxylic acids is 2. The van der Waals surface area contributed by atoms with Gasteiger partial charge < -0.3 is 10.1 Å². The highest BCUT2D eigenvalue weighted by atomic mass is 32.2. The second-order valence-electron chi connectivity index (χ2n) is 9.05. The molecule has 178 valence electrons. The van der Waals surface area contributed by atoms with E-state index in [0.29, 0.717) is 12.4 Å². The van der Waals surface area contributed by atoms with Crippen LogP contribution in [0.1, 0.15) is 31.5 Å². The van der Waals surface area contributed by atoms with Crippen LogP contribution in [-0.2, 0) is 21.2 Å². The Balaban J connectivity index is 1.51. The standard InChI is InChI=1S/C25H27N3O5S/c1-16(2)13-25(23(29)27-24(30)28-25)15-34(31,32)20-10-8-19(9-11-20)33-14-18-12-17(3)26-22-7-5-4-6-21(18)22/h4-12,16H,13-15H2,1-3H3,(H2,27,28,29,30). The number of nitrogens with zero attached hydrogens (tertiary/aromatic N) is 1. The van der Waals surface area contributed by atoms with Crippen molar-refractivity contribution in [3.63, 3.8) is 0 Å². The van der Waals surface area contributed by atoms with Gasteiger partial charge in [0.1, 0.15) is 17.9 Å². The molecule has 3 aromatic rings. The predicted molar refractivity (Wildman–Crippen MR) is 128 cm³/mol. The first-order chi connectivity index (χ1) is 16.1. The van der Waals surface area contributed by atoms with Crippen LogP contribution in [0.3, 0.4) is 0 Å². The highest BCUT2D eigenvalue weighted by Crippen LogP contribution is 2.27. The number of amides is 3. The molecule has 1 saturated heterocycles. The Morgan fingerprint density at radius 3 is 2.41 bits per heavy atom. The van der Waals surface area contributed by atoms with E-state index >= 15 is 0 Å². The van der Waals surface area contributed by atoms with Gasteiger partial charge in [0.2, 0.25) is 0 Å². The van der Waals surface area contributed by atoms with Crippen LogP contribution in [-0.4, -0.2) is 36.6 Å². The Kier molecular flexibility index (Phi) is 6.31. The molecule has 4 rings (SSSR count). The Labute approximate surface area is 198 Å². The number of carbonyl (C=O) groups is 2. The Hall–Kier alpha value is -3.46. The molecule has 2 heterocycles. The summed E-state index contributed by atoms with van der Waals surface area (Å²) >= 11 is 0.